The zero-order valence-corrected chi connectivity index (χ0v) is 42.3. The molecule has 2 unspecified atom stereocenters. The highest BCUT2D eigenvalue weighted by atomic mass is 16.7. The summed E-state index contributed by atoms with van der Waals surface area (Å²) in [5, 5.41) is 54.4. The number of rotatable bonds is 49. The number of ether oxygens (including phenoxy) is 2. The molecule has 0 aromatic rings. The van der Waals surface area contributed by atoms with E-state index in [-0.39, 0.29) is 12.5 Å². The molecule has 0 aromatic carbocycles. The van der Waals surface area contributed by atoms with Crippen LogP contribution < -0.4 is 5.32 Å². The van der Waals surface area contributed by atoms with Crippen LogP contribution in [-0.2, 0) is 14.3 Å². The van der Waals surface area contributed by atoms with Gasteiger partial charge in [-0.05, 0) is 12.8 Å². The van der Waals surface area contributed by atoms with E-state index < -0.39 is 49.5 Å². The molecule has 1 fully saturated rings. The van der Waals surface area contributed by atoms with Gasteiger partial charge in [-0.1, -0.05) is 271 Å². The van der Waals surface area contributed by atoms with Gasteiger partial charge in [-0.3, -0.25) is 4.79 Å². The SMILES string of the molecule is CCCCCCCCCCCCCCCCCCCCCCCCCCCCCCCCC(=O)N[C@@H](CO[C@@H]1O[C@H](CO)[C@@H](O)C(O)C1O)[C@H](O)CCCCCCCCCCCCC. The van der Waals surface area contributed by atoms with Gasteiger partial charge >= 0.3 is 0 Å². The standard InChI is InChI=1S/C55H109NO8/c1-3-5-7-9-11-13-15-16-17-18-19-20-21-22-23-24-25-26-27-28-29-30-31-32-33-35-37-39-41-43-45-51(59)56-48(47-63-55-54(62)53(61)52(60)50(46-57)64-55)49(58)44-42-40-38-36-34-14-12-10-8-6-4-2/h48-50,52-55,57-58,60-62H,3-47H2,1-2H3,(H,56,59)/t48-,49+,50+,52+,53?,54?,55+/m0/s1. The monoisotopic (exact) mass is 912 g/mol. The molecule has 6 N–H and O–H groups in total. The van der Waals surface area contributed by atoms with Crippen molar-refractivity contribution in [3.8, 4) is 0 Å². The number of hydrogen-bond donors (Lipinski definition) is 6. The molecule has 0 aromatic heterocycles. The molecule has 1 saturated heterocycles. The van der Waals surface area contributed by atoms with Crippen LogP contribution in [0.4, 0.5) is 0 Å². The number of carbonyl (C=O) groups is 1. The lowest BCUT2D eigenvalue weighted by atomic mass is 9.99. The molecule has 1 aliphatic rings. The van der Waals surface area contributed by atoms with Crippen molar-refractivity contribution in [2.75, 3.05) is 13.2 Å². The highest BCUT2D eigenvalue weighted by molar-refractivity contribution is 5.76. The average Bonchev–Trinajstić information content (AvgIpc) is 3.29. The van der Waals surface area contributed by atoms with E-state index in [4.69, 9.17) is 9.47 Å². The minimum Gasteiger partial charge on any atom is -0.394 e. The van der Waals surface area contributed by atoms with Gasteiger partial charge in [0.1, 0.15) is 24.4 Å². The smallest absolute Gasteiger partial charge is 0.220 e. The van der Waals surface area contributed by atoms with Crippen LogP contribution in [0, 0.1) is 0 Å². The third-order valence-corrected chi connectivity index (χ3v) is 14.0. The number of unbranched alkanes of at least 4 members (excludes halogenated alkanes) is 39. The summed E-state index contributed by atoms with van der Waals surface area (Å²) < 4.78 is 11.3. The molecule has 9 nitrogen and oxygen atoms in total. The maximum atomic E-state index is 13.0. The van der Waals surface area contributed by atoms with E-state index in [9.17, 15) is 30.3 Å². The van der Waals surface area contributed by atoms with Crippen molar-refractivity contribution >= 4 is 5.91 Å². The van der Waals surface area contributed by atoms with Gasteiger partial charge < -0.3 is 40.3 Å². The van der Waals surface area contributed by atoms with Crippen molar-refractivity contribution in [3.05, 3.63) is 0 Å². The summed E-state index contributed by atoms with van der Waals surface area (Å²) >= 11 is 0. The minimum atomic E-state index is -1.55. The first-order chi connectivity index (χ1) is 31.3. The summed E-state index contributed by atoms with van der Waals surface area (Å²) in [6, 6.07) is -0.712. The fourth-order valence-corrected chi connectivity index (χ4v) is 9.46. The first-order valence-corrected chi connectivity index (χ1v) is 28.2. The van der Waals surface area contributed by atoms with Gasteiger partial charge in [0.05, 0.1) is 25.4 Å². The molecule has 0 spiro atoms. The van der Waals surface area contributed by atoms with Crippen LogP contribution in [0.5, 0.6) is 0 Å². The van der Waals surface area contributed by atoms with E-state index in [0.717, 1.165) is 38.5 Å². The second-order valence-corrected chi connectivity index (χ2v) is 20.1. The summed E-state index contributed by atoms with van der Waals surface area (Å²) in [5.74, 6) is -0.138. The first-order valence-electron chi connectivity index (χ1n) is 28.2. The number of nitrogens with one attached hydrogen (secondary N) is 1. The molecule has 0 saturated carbocycles. The topological polar surface area (TPSA) is 149 Å². The third kappa shape index (κ3) is 35.3. The molecule has 0 aliphatic carbocycles. The largest absolute Gasteiger partial charge is 0.394 e. The Hall–Kier alpha value is -0.810. The molecule has 0 radical (unpaired) electrons. The Morgan fingerprint density at radius 2 is 0.781 bits per heavy atom. The summed E-state index contributed by atoms with van der Waals surface area (Å²) in [6.45, 7) is 3.86. The van der Waals surface area contributed by atoms with Crippen LogP contribution in [0.1, 0.15) is 290 Å². The summed E-state index contributed by atoms with van der Waals surface area (Å²) in [5.41, 5.74) is 0. The highest BCUT2D eigenvalue weighted by Gasteiger charge is 2.44. The van der Waals surface area contributed by atoms with Crippen LogP contribution in [-0.4, -0.2) is 87.5 Å². The predicted octanol–water partition coefficient (Wildman–Crippen LogP) is 13.5. The lowest BCUT2D eigenvalue weighted by Crippen LogP contribution is -2.60. The highest BCUT2D eigenvalue weighted by Crippen LogP contribution is 2.23. The van der Waals surface area contributed by atoms with Crippen LogP contribution in [0.25, 0.3) is 0 Å². The molecule has 1 aliphatic heterocycles. The number of hydrogen-bond acceptors (Lipinski definition) is 8. The second kappa shape index (κ2) is 45.9. The maximum absolute atomic E-state index is 13.0. The summed E-state index contributed by atoms with van der Waals surface area (Å²) in [4.78, 5) is 13.0. The van der Waals surface area contributed by atoms with Gasteiger partial charge in [-0.25, -0.2) is 0 Å². The van der Waals surface area contributed by atoms with Gasteiger partial charge in [0, 0.05) is 6.42 Å². The molecule has 1 rings (SSSR count). The Balaban J connectivity index is 2.08. The van der Waals surface area contributed by atoms with Gasteiger partial charge in [-0.2, -0.15) is 0 Å². The summed E-state index contributed by atoms with van der Waals surface area (Å²) in [6.07, 6.45) is 47.3. The van der Waals surface area contributed by atoms with Gasteiger partial charge in [0.25, 0.3) is 0 Å². The normalized spacial score (nSPS) is 19.9. The van der Waals surface area contributed by atoms with E-state index in [1.807, 2.05) is 0 Å². The van der Waals surface area contributed by atoms with Gasteiger partial charge in [0.2, 0.25) is 5.91 Å². The quantitative estimate of drug-likeness (QED) is 0.0331. The molecule has 64 heavy (non-hydrogen) atoms. The molecule has 1 amide bonds. The molecular weight excluding hydrogens is 803 g/mol. The Kier molecular flexibility index (Phi) is 43.9. The minimum absolute atomic E-state index is 0.132. The van der Waals surface area contributed by atoms with Crippen molar-refractivity contribution < 1.29 is 39.8 Å². The lowest BCUT2D eigenvalue weighted by Gasteiger charge is -2.40. The van der Waals surface area contributed by atoms with Crippen molar-refractivity contribution in [2.24, 2.45) is 0 Å². The van der Waals surface area contributed by atoms with Crippen molar-refractivity contribution in [2.45, 2.75) is 333 Å². The van der Waals surface area contributed by atoms with Gasteiger partial charge in [-0.15, -0.1) is 0 Å². The van der Waals surface area contributed by atoms with Crippen LogP contribution in [0.15, 0.2) is 0 Å². The number of amides is 1. The van der Waals surface area contributed by atoms with Crippen LogP contribution >= 0.6 is 0 Å². The van der Waals surface area contributed by atoms with Crippen molar-refractivity contribution in [1.82, 2.24) is 5.32 Å². The summed E-state index contributed by atoms with van der Waals surface area (Å²) in [7, 11) is 0. The predicted molar refractivity (Wildman–Crippen MR) is 268 cm³/mol. The average molecular weight is 912 g/mol. The Morgan fingerprint density at radius 1 is 0.469 bits per heavy atom. The second-order valence-electron chi connectivity index (χ2n) is 20.1. The Labute approximate surface area is 395 Å². The number of aliphatic hydroxyl groups is 5. The number of aliphatic hydroxyl groups excluding tert-OH is 5. The molecule has 1 heterocycles. The zero-order valence-electron chi connectivity index (χ0n) is 42.3. The fourth-order valence-electron chi connectivity index (χ4n) is 9.46. The first kappa shape index (κ1) is 61.2. The Bertz CT molecular complexity index is 970. The lowest BCUT2D eigenvalue weighted by molar-refractivity contribution is -0.302. The molecule has 9 heteroatoms. The van der Waals surface area contributed by atoms with E-state index in [1.165, 1.54) is 225 Å². The molecule has 7 atom stereocenters. The maximum Gasteiger partial charge on any atom is 0.220 e. The molecule has 382 valence electrons. The van der Waals surface area contributed by atoms with E-state index in [0.29, 0.717) is 12.8 Å². The Morgan fingerprint density at radius 3 is 1.11 bits per heavy atom. The zero-order chi connectivity index (χ0) is 46.6. The van der Waals surface area contributed by atoms with E-state index in [2.05, 4.69) is 19.2 Å². The van der Waals surface area contributed by atoms with E-state index in [1.54, 1.807) is 0 Å². The fraction of sp³-hybridized carbons (Fsp3) is 0.982. The number of carbonyl (C=O) groups excluding carboxylic acids is 1. The third-order valence-electron chi connectivity index (χ3n) is 14.0. The molecule has 0 bridgehead atoms. The van der Waals surface area contributed by atoms with E-state index >= 15 is 0 Å². The van der Waals surface area contributed by atoms with Crippen molar-refractivity contribution in [1.29, 1.82) is 0 Å². The van der Waals surface area contributed by atoms with Crippen LogP contribution in [0.2, 0.25) is 0 Å². The molecular formula is C55H109NO8. The van der Waals surface area contributed by atoms with Gasteiger partial charge in [0.15, 0.2) is 6.29 Å². The van der Waals surface area contributed by atoms with Crippen molar-refractivity contribution in [3.63, 3.8) is 0 Å². The van der Waals surface area contributed by atoms with Crippen LogP contribution in [0.3, 0.4) is 0 Å².